The predicted molar refractivity (Wildman–Crippen MR) is 124 cm³/mol. The van der Waals surface area contributed by atoms with Gasteiger partial charge in [-0.3, -0.25) is 9.78 Å². The van der Waals surface area contributed by atoms with Gasteiger partial charge in [-0.05, 0) is 54.8 Å². The molecule has 2 aromatic heterocycles. The molecule has 3 aromatic rings. The predicted octanol–water partition coefficient (Wildman–Crippen LogP) is 5.61. The maximum atomic E-state index is 12.9. The van der Waals surface area contributed by atoms with E-state index in [2.05, 4.69) is 9.97 Å². The van der Waals surface area contributed by atoms with Crippen LogP contribution in [0.15, 0.2) is 55.0 Å². The van der Waals surface area contributed by atoms with E-state index in [0.29, 0.717) is 17.4 Å². The van der Waals surface area contributed by atoms with Crippen LogP contribution in [0.5, 0.6) is 0 Å². The molecule has 1 unspecified atom stereocenters. The summed E-state index contributed by atoms with van der Waals surface area (Å²) in [6.07, 6.45) is 7.41. The van der Waals surface area contributed by atoms with Crippen molar-refractivity contribution in [1.29, 1.82) is 0 Å². The third kappa shape index (κ3) is 4.77. The number of halogens is 1. The molecule has 1 amide bonds. The van der Waals surface area contributed by atoms with Gasteiger partial charge in [-0.15, -0.1) is 0 Å². The van der Waals surface area contributed by atoms with Gasteiger partial charge in [0.2, 0.25) is 5.91 Å². The highest BCUT2D eigenvalue weighted by Crippen LogP contribution is 2.35. The number of carbonyl (C=O) groups excluding carboxylic acids is 1. The molecule has 5 nitrogen and oxygen atoms in total. The molecule has 1 saturated heterocycles. The Morgan fingerprint density at radius 3 is 2.45 bits per heavy atom. The number of aromatic nitrogens is 3. The number of pyridine rings is 1. The third-order valence-electron chi connectivity index (χ3n) is 5.65. The molecule has 0 radical (unpaired) electrons. The van der Waals surface area contributed by atoms with Crippen molar-refractivity contribution in [3.8, 4) is 22.5 Å². The van der Waals surface area contributed by atoms with Crippen LogP contribution in [-0.4, -0.2) is 38.8 Å². The van der Waals surface area contributed by atoms with Crippen LogP contribution in [0.3, 0.4) is 0 Å². The first-order chi connectivity index (χ1) is 14.8. The number of hydrogen-bond donors (Lipinski definition) is 0. The number of hydrogen-bond acceptors (Lipinski definition) is 4. The minimum atomic E-state index is -0.393. The standard InChI is InChI=1S/C25H27ClN4O/c1-25(2,3)24(31)30-14-4-5-19(16-30)22-21(17-10-12-27-13-11-17)15-28-23(29-22)18-6-8-20(26)9-7-18/h6-13,15,19H,4-5,14,16H2,1-3H3. The molecule has 0 saturated carbocycles. The van der Waals surface area contributed by atoms with Crippen LogP contribution in [0.1, 0.15) is 45.2 Å². The second-order valence-electron chi connectivity index (χ2n) is 9.08. The molecule has 0 bridgehead atoms. The fourth-order valence-corrected chi connectivity index (χ4v) is 4.18. The Hall–Kier alpha value is -2.79. The Kier molecular flexibility index (Phi) is 6.05. The van der Waals surface area contributed by atoms with Crippen LogP contribution in [0, 0.1) is 5.41 Å². The highest BCUT2D eigenvalue weighted by Gasteiger charge is 2.33. The quantitative estimate of drug-likeness (QED) is 0.537. The first-order valence-electron chi connectivity index (χ1n) is 10.7. The summed E-state index contributed by atoms with van der Waals surface area (Å²) in [5.74, 6) is 1.01. The summed E-state index contributed by atoms with van der Waals surface area (Å²) in [5.41, 5.74) is 3.54. The lowest BCUT2D eigenvalue weighted by Crippen LogP contribution is -2.44. The van der Waals surface area contributed by atoms with E-state index in [1.54, 1.807) is 12.4 Å². The van der Waals surface area contributed by atoms with Crippen molar-refractivity contribution in [2.24, 2.45) is 5.41 Å². The number of carbonyl (C=O) groups is 1. The number of likely N-dealkylation sites (tertiary alicyclic amines) is 1. The zero-order valence-electron chi connectivity index (χ0n) is 18.2. The van der Waals surface area contributed by atoms with Gasteiger partial charge in [-0.1, -0.05) is 32.4 Å². The summed E-state index contributed by atoms with van der Waals surface area (Å²) in [6.45, 7) is 7.40. The lowest BCUT2D eigenvalue weighted by molar-refractivity contribution is -0.140. The Bertz CT molecular complexity index is 1060. The van der Waals surface area contributed by atoms with Crippen LogP contribution in [0.4, 0.5) is 0 Å². The number of amides is 1. The van der Waals surface area contributed by atoms with Gasteiger partial charge in [-0.25, -0.2) is 9.97 Å². The number of nitrogens with zero attached hydrogens (tertiary/aromatic N) is 4. The monoisotopic (exact) mass is 434 g/mol. The van der Waals surface area contributed by atoms with E-state index >= 15 is 0 Å². The fraction of sp³-hybridized carbons (Fsp3) is 0.360. The van der Waals surface area contributed by atoms with Crippen molar-refractivity contribution in [2.75, 3.05) is 13.1 Å². The SMILES string of the molecule is CC(C)(C)C(=O)N1CCCC(c2nc(-c3ccc(Cl)cc3)ncc2-c2ccncc2)C1. The molecule has 160 valence electrons. The molecule has 1 aliphatic heterocycles. The maximum Gasteiger partial charge on any atom is 0.227 e. The zero-order valence-corrected chi connectivity index (χ0v) is 18.9. The summed E-state index contributed by atoms with van der Waals surface area (Å²) in [4.78, 5) is 28.7. The van der Waals surface area contributed by atoms with Crippen molar-refractivity contribution in [1.82, 2.24) is 19.9 Å². The molecule has 6 heteroatoms. The summed E-state index contributed by atoms with van der Waals surface area (Å²) in [6, 6.07) is 11.5. The normalized spacial score (nSPS) is 16.9. The molecular weight excluding hydrogens is 408 g/mol. The second kappa shape index (κ2) is 8.75. The summed E-state index contributed by atoms with van der Waals surface area (Å²) < 4.78 is 0. The van der Waals surface area contributed by atoms with Crippen molar-refractivity contribution in [2.45, 2.75) is 39.5 Å². The van der Waals surface area contributed by atoms with Gasteiger partial charge in [0.05, 0.1) is 5.69 Å². The third-order valence-corrected chi connectivity index (χ3v) is 5.90. The van der Waals surface area contributed by atoms with Gasteiger partial charge in [0.1, 0.15) is 0 Å². The van der Waals surface area contributed by atoms with E-state index in [-0.39, 0.29) is 11.8 Å². The minimum absolute atomic E-state index is 0.150. The van der Waals surface area contributed by atoms with Gasteiger partial charge < -0.3 is 4.90 Å². The van der Waals surface area contributed by atoms with E-state index in [1.807, 2.05) is 68.3 Å². The summed E-state index contributed by atoms with van der Waals surface area (Å²) in [5, 5.41) is 0.681. The Balaban J connectivity index is 1.75. The fourth-order valence-electron chi connectivity index (χ4n) is 4.06. The van der Waals surface area contributed by atoms with E-state index in [1.165, 1.54) is 0 Å². The summed E-state index contributed by atoms with van der Waals surface area (Å²) >= 11 is 6.06. The largest absolute Gasteiger partial charge is 0.342 e. The highest BCUT2D eigenvalue weighted by atomic mass is 35.5. The van der Waals surface area contributed by atoms with Crippen LogP contribution in [0.2, 0.25) is 5.02 Å². The smallest absolute Gasteiger partial charge is 0.227 e. The summed E-state index contributed by atoms with van der Waals surface area (Å²) in [7, 11) is 0. The molecule has 4 rings (SSSR count). The number of piperidine rings is 1. The minimum Gasteiger partial charge on any atom is -0.342 e. The lowest BCUT2D eigenvalue weighted by atomic mass is 9.87. The average molecular weight is 435 g/mol. The van der Waals surface area contributed by atoms with Crippen LogP contribution < -0.4 is 0 Å². The Morgan fingerprint density at radius 2 is 1.77 bits per heavy atom. The average Bonchev–Trinajstić information content (AvgIpc) is 2.79. The van der Waals surface area contributed by atoms with Gasteiger partial charge in [-0.2, -0.15) is 0 Å². The van der Waals surface area contributed by atoms with Crippen LogP contribution in [-0.2, 0) is 4.79 Å². The first kappa shape index (κ1) is 21.4. The zero-order chi connectivity index (χ0) is 22.0. The Labute approximate surface area is 188 Å². The molecule has 1 atom stereocenters. The van der Waals surface area contributed by atoms with Crippen molar-refractivity contribution >= 4 is 17.5 Å². The van der Waals surface area contributed by atoms with Crippen LogP contribution in [0.25, 0.3) is 22.5 Å². The Morgan fingerprint density at radius 1 is 1.06 bits per heavy atom. The van der Waals surface area contributed by atoms with Crippen LogP contribution >= 0.6 is 11.6 Å². The van der Waals surface area contributed by atoms with E-state index in [0.717, 1.165) is 41.8 Å². The first-order valence-corrected chi connectivity index (χ1v) is 11.0. The van der Waals surface area contributed by atoms with Gasteiger partial charge in [0.25, 0.3) is 0 Å². The van der Waals surface area contributed by atoms with Crippen molar-refractivity contribution in [3.63, 3.8) is 0 Å². The van der Waals surface area contributed by atoms with Gasteiger partial charge >= 0.3 is 0 Å². The van der Waals surface area contributed by atoms with Crippen molar-refractivity contribution in [3.05, 3.63) is 65.7 Å². The van der Waals surface area contributed by atoms with Gasteiger partial charge in [0, 0.05) is 59.2 Å². The highest BCUT2D eigenvalue weighted by molar-refractivity contribution is 6.30. The molecule has 0 spiro atoms. The second-order valence-corrected chi connectivity index (χ2v) is 9.51. The van der Waals surface area contributed by atoms with Crippen molar-refractivity contribution < 1.29 is 4.79 Å². The molecule has 0 aliphatic carbocycles. The maximum absolute atomic E-state index is 12.9. The number of rotatable bonds is 3. The molecule has 1 fully saturated rings. The molecule has 1 aliphatic rings. The molecule has 0 N–H and O–H groups in total. The van der Waals surface area contributed by atoms with E-state index in [4.69, 9.17) is 16.6 Å². The van der Waals surface area contributed by atoms with Gasteiger partial charge in [0.15, 0.2) is 5.82 Å². The van der Waals surface area contributed by atoms with E-state index < -0.39 is 5.41 Å². The molecule has 1 aromatic carbocycles. The van der Waals surface area contributed by atoms with E-state index in [9.17, 15) is 4.79 Å². The number of benzene rings is 1. The lowest BCUT2D eigenvalue weighted by Gasteiger charge is -2.36. The molecule has 31 heavy (non-hydrogen) atoms. The topological polar surface area (TPSA) is 59.0 Å². The molecule has 3 heterocycles. The molecular formula is C25H27ClN4O.